The minimum absolute atomic E-state index is 0.161. The number of furan rings is 1. The molecule has 84 valence electrons. The fourth-order valence-corrected chi connectivity index (χ4v) is 1.53. The van der Waals surface area contributed by atoms with Crippen LogP contribution in [0.2, 0.25) is 0 Å². The van der Waals surface area contributed by atoms with Gasteiger partial charge >= 0.3 is 0 Å². The van der Waals surface area contributed by atoms with Gasteiger partial charge in [-0.15, -0.1) is 0 Å². The second-order valence-electron chi connectivity index (χ2n) is 3.82. The molecule has 0 fully saturated rings. The number of amides is 1. The van der Waals surface area contributed by atoms with E-state index < -0.39 is 0 Å². The second-order valence-corrected chi connectivity index (χ2v) is 3.82. The van der Waals surface area contributed by atoms with Gasteiger partial charge in [-0.2, -0.15) is 0 Å². The third kappa shape index (κ3) is 3.00. The highest BCUT2D eigenvalue weighted by atomic mass is 16.3. The SMILES string of the molecule is [B]c1cccc(C(=O)NCc2ccc(C)o2)c1. The van der Waals surface area contributed by atoms with Gasteiger partial charge in [-0.05, 0) is 25.1 Å². The molecule has 0 saturated carbocycles. The topological polar surface area (TPSA) is 42.2 Å². The van der Waals surface area contributed by atoms with Crippen molar-refractivity contribution < 1.29 is 9.21 Å². The number of carbonyl (C=O) groups excluding carboxylic acids is 1. The Morgan fingerprint density at radius 1 is 1.35 bits per heavy atom. The molecular formula is C13H12BNO2. The Morgan fingerprint density at radius 3 is 2.82 bits per heavy atom. The van der Waals surface area contributed by atoms with Crippen LogP contribution in [0.5, 0.6) is 0 Å². The second kappa shape index (κ2) is 4.91. The number of hydrogen-bond donors (Lipinski definition) is 1. The van der Waals surface area contributed by atoms with Crippen LogP contribution in [-0.4, -0.2) is 13.8 Å². The lowest BCUT2D eigenvalue weighted by molar-refractivity contribution is 0.0948. The predicted molar refractivity (Wildman–Crippen MR) is 66.4 cm³/mol. The van der Waals surface area contributed by atoms with Crippen LogP contribution < -0.4 is 10.8 Å². The minimum Gasteiger partial charge on any atom is -0.465 e. The molecule has 2 aromatic rings. The summed E-state index contributed by atoms with van der Waals surface area (Å²) in [4.78, 5) is 11.8. The summed E-state index contributed by atoms with van der Waals surface area (Å²) >= 11 is 0. The molecule has 0 saturated heterocycles. The number of aryl methyl sites for hydroxylation is 1. The van der Waals surface area contributed by atoms with Crippen LogP contribution in [-0.2, 0) is 6.54 Å². The summed E-state index contributed by atoms with van der Waals surface area (Å²) in [7, 11) is 5.61. The molecule has 1 aromatic carbocycles. The van der Waals surface area contributed by atoms with E-state index >= 15 is 0 Å². The fourth-order valence-electron chi connectivity index (χ4n) is 1.53. The Hall–Kier alpha value is -1.97. The molecule has 0 aliphatic heterocycles. The minimum atomic E-state index is -0.161. The first-order valence-electron chi connectivity index (χ1n) is 5.34. The zero-order valence-electron chi connectivity index (χ0n) is 9.57. The van der Waals surface area contributed by atoms with E-state index in [9.17, 15) is 4.79 Å². The van der Waals surface area contributed by atoms with Gasteiger partial charge in [0.1, 0.15) is 19.4 Å². The van der Waals surface area contributed by atoms with E-state index in [-0.39, 0.29) is 5.91 Å². The number of benzene rings is 1. The molecule has 1 aromatic heterocycles. The van der Waals surface area contributed by atoms with Gasteiger partial charge < -0.3 is 9.73 Å². The van der Waals surface area contributed by atoms with Crippen LogP contribution in [0.4, 0.5) is 0 Å². The Kier molecular flexibility index (Phi) is 3.33. The first-order chi connectivity index (χ1) is 8.15. The summed E-state index contributed by atoms with van der Waals surface area (Å²) in [6.07, 6.45) is 0. The molecule has 17 heavy (non-hydrogen) atoms. The summed E-state index contributed by atoms with van der Waals surface area (Å²) in [6.45, 7) is 2.24. The van der Waals surface area contributed by atoms with Crippen LogP contribution in [0.3, 0.4) is 0 Å². The molecule has 3 nitrogen and oxygen atoms in total. The summed E-state index contributed by atoms with van der Waals surface area (Å²) in [5.74, 6) is 1.41. The molecule has 0 atom stereocenters. The highest BCUT2D eigenvalue weighted by Crippen LogP contribution is 2.06. The number of hydrogen-bond acceptors (Lipinski definition) is 2. The Morgan fingerprint density at radius 2 is 2.18 bits per heavy atom. The summed E-state index contributed by atoms with van der Waals surface area (Å²) in [5.41, 5.74) is 1.12. The van der Waals surface area contributed by atoms with E-state index in [1.165, 1.54) is 0 Å². The smallest absolute Gasteiger partial charge is 0.251 e. The molecule has 1 N–H and O–H groups in total. The van der Waals surface area contributed by atoms with Crippen molar-refractivity contribution >= 4 is 19.2 Å². The molecule has 2 radical (unpaired) electrons. The zero-order valence-corrected chi connectivity index (χ0v) is 9.57. The number of carbonyl (C=O) groups is 1. The molecule has 4 heteroatoms. The predicted octanol–water partition coefficient (Wildman–Crippen LogP) is 1.31. The quantitative estimate of drug-likeness (QED) is 0.800. The fraction of sp³-hybridized carbons (Fsp3) is 0.154. The van der Waals surface area contributed by atoms with Gasteiger partial charge in [-0.3, -0.25) is 4.79 Å². The van der Waals surface area contributed by atoms with Gasteiger partial charge in [0.05, 0.1) is 6.54 Å². The first kappa shape index (κ1) is 11.5. The summed E-state index contributed by atoms with van der Waals surface area (Å²) in [6, 6.07) is 10.6. The van der Waals surface area contributed by atoms with E-state index in [1.54, 1.807) is 24.3 Å². The van der Waals surface area contributed by atoms with E-state index in [0.29, 0.717) is 17.6 Å². The van der Waals surface area contributed by atoms with Crippen LogP contribution in [0.15, 0.2) is 40.8 Å². The molecule has 2 rings (SSSR count). The van der Waals surface area contributed by atoms with Crippen LogP contribution >= 0.6 is 0 Å². The van der Waals surface area contributed by atoms with Crippen molar-refractivity contribution in [3.8, 4) is 0 Å². The zero-order chi connectivity index (χ0) is 12.3. The van der Waals surface area contributed by atoms with Crippen molar-refractivity contribution in [2.45, 2.75) is 13.5 Å². The van der Waals surface area contributed by atoms with Gasteiger partial charge in [-0.1, -0.05) is 23.7 Å². The average molecular weight is 225 g/mol. The third-order valence-electron chi connectivity index (χ3n) is 2.37. The normalized spacial score (nSPS) is 10.2. The summed E-state index contributed by atoms with van der Waals surface area (Å²) < 4.78 is 5.35. The Labute approximate surface area is 101 Å². The molecule has 0 spiro atoms. The van der Waals surface area contributed by atoms with Crippen molar-refractivity contribution in [3.63, 3.8) is 0 Å². The largest absolute Gasteiger partial charge is 0.465 e. The maximum Gasteiger partial charge on any atom is 0.251 e. The molecule has 0 bridgehead atoms. The Bertz CT molecular complexity index is 534. The van der Waals surface area contributed by atoms with Gasteiger partial charge in [0, 0.05) is 5.56 Å². The van der Waals surface area contributed by atoms with Crippen molar-refractivity contribution in [3.05, 3.63) is 53.5 Å². The highest BCUT2D eigenvalue weighted by molar-refractivity contribution is 6.32. The van der Waals surface area contributed by atoms with E-state index in [4.69, 9.17) is 12.3 Å². The lowest BCUT2D eigenvalue weighted by Gasteiger charge is -2.04. The van der Waals surface area contributed by atoms with E-state index in [0.717, 1.165) is 11.5 Å². The monoisotopic (exact) mass is 225 g/mol. The van der Waals surface area contributed by atoms with Gasteiger partial charge in [-0.25, -0.2) is 0 Å². The van der Waals surface area contributed by atoms with Crippen molar-refractivity contribution in [2.75, 3.05) is 0 Å². The van der Waals surface area contributed by atoms with Crippen molar-refractivity contribution in [1.82, 2.24) is 5.32 Å². The van der Waals surface area contributed by atoms with E-state index in [2.05, 4.69) is 5.32 Å². The summed E-state index contributed by atoms with van der Waals surface area (Å²) in [5, 5.41) is 2.77. The Balaban J connectivity index is 1.98. The molecule has 1 amide bonds. The third-order valence-corrected chi connectivity index (χ3v) is 2.37. The van der Waals surface area contributed by atoms with Crippen LogP contribution in [0.1, 0.15) is 21.9 Å². The van der Waals surface area contributed by atoms with Crippen LogP contribution in [0.25, 0.3) is 0 Å². The number of nitrogens with one attached hydrogen (secondary N) is 1. The molecule has 1 heterocycles. The van der Waals surface area contributed by atoms with Gasteiger partial charge in [0.2, 0.25) is 0 Å². The highest BCUT2D eigenvalue weighted by Gasteiger charge is 2.06. The van der Waals surface area contributed by atoms with E-state index in [1.807, 2.05) is 19.1 Å². The van der Waals surface area contributed by atoms with Gasteiger partial charge in [0.25, 0.3) is 5.91 Å². The standard InChI is InChI=1S/C13H12BNO2/c1-9-5-6-12(17-9)8-15-13(16)10-3-2-4-11(14)7-10/h2-7H,8H2,1H3,(H,15,16). The average Bonchev–Trinajstić information content (AvgIpc) is 2.72. The maximum absolute atomic E-state index is 11.8. The molecule has 0 aliphatic carbocycles. The van der Waals surface area contributed by atoms with Crippen LogP contribution in [0, 0.1) is 6.92 Å². The molecule has 0 aliphatic rings. The maximum atomic E-state index is 11.8. The lowest BCUT2D eigenvalue weighted by atomic mass is 9.94. The van der Waals surface area contributed by atoms with Crippen molar-refractivity contribution in [2.24, 2.45) is 0 Å². The molecular weight excluding hydrogens is 213 g/mol. The number of rotatable bonds is 3. The van der Waals surface area contributed by atoms with Gasteiger partial charge in [0.15, 0.2) is 0 Å². The lowest BCUT2D eigenvalue weighted by Crippen LogP contribution is -2.23. The van der Waals surface area contributed by atoms with Crippen molar-refractivity contribution in [1.29, 1.82) is 0 Å². The first-order valence-corrected chi connectivity index (χ1v) is 5.34. The molecule has 0 unspecified atom stereocenters.